The number of hydrogen-bond donors (Lipinski definition) is 0. The van der Waals surface area contributed by atoms with Crippen molar-refractivity contribution in [2.75, 3.05) is 13.2 Å². The average molecular weight is 327 g/mol. The van der Waals surface area contributed by atoms with Crippen LogP contribution in [0.1, 0.15) is 38.2 Å². The summed E-state index contributed by atoms with van der Waals surface area (Å²) in [6.45, 7) is 12.8. The van der Waals surface area contributed by atoms with Gasteiger partial charge in [0.15, 0.2) is 5.52 Å². The summed E-state index contributed by atoms with van der Waals surface area (Å²) in [5.41, 5.74) is 2.16. The van der Waals surface area contributed by atoms with E-state index in [-0.39, 0.29) is 23.4 Å². The third kappa shape index (κ3) is 3.00. The summed E-state index contributed by atoms with van der Waals surface area (Å²) in [6, 6.07) is 3.38. The van der Waals surface area contributed by atoms with E-state index in [0.717, 1.165) is 18.4 Å². The largest absolute Gasteiger partial charge is 0.499 e. The molecule has 1 fully saturated rings. The number of aryl methyl sites for hydroxylation is 1. The van der Waals surface area contributed by atoms with E-state index in [1.807, 2.05) is 13.8 Å². The molecule has 1 saturated heterocycles. The maximum atomic E-state index is 12.2. The van der Waals surface area contributed by atoms with Crippen LogP contribution in [0.2, 0.25) is 0 Å². The lowest BCUT2D eigenvalue weighted by Crippen LogP contribution is -2.26. The summed E-state index contributed by atoms with van der Waals surface area (Å²) in [7, 11) is 1.71. The van der Waals surface area contributed by atoms with Gasteiger partial charge in [0.05, 0.1) is 18.7 Å². The van der Waals surface area contributed by atoms with E-state index in [1.54, 1.807) is 23.7 Å². The molecule has 0 atom stereocenters. The molecule has 0 aromatic carbocycles. The van der Waals surface area contributed by atoms with Crippen LogP contribution in [-0.4, -0.2) is 28.9 Å². The highest BCUT2D eigenvalue weighted by molar-refractivity contribution is 5.83. The van der Waals surface area contributed by atoms with Crippen molar-refractivity contribution in [2.24, 2.45) is 7.05 Å². The highest BCUT2D eigenvalue weighted by Gasteiger charge is 2.21. The van der Waals surface area contributed by atoms with Crippen molar-refractivity contribution in [1.82, 2.24) is 9.55 Å². The van der Waals surface area contributed by atoms with E-state index in [2.05, 4.69) is 9.83 Å². The van der Waals surface area contributed by atoms with E-state index < -0.39 is 0 Å². The first-order valence-electron chi connectivity index (χ1n) is 8.17. The molecular weight excluding hydrogens is 306 g/mol. The number of pyridine rings is 2. The lowest BCUT2D eigenvalue weighted by Gasteiger charge is -2.24. The minimum absolute atomic E-state index is 0.0174. The molecular formula is C18H21N3O3. The average Bonchev–Trinajstić information content (AvgIpc) is 2.58. The van der Waals surface area contributed by atoms with Gasteiger partial charge in [-0.25, -0.2) is 0 Å². The normalized spacial score (nSPS) is 15.6. The van der Waals surface area contributed by atoms with E-state index in [9.17, 15) is 4.79 Å². The molecule has 6 nitrogen and oxygen atoms in total. The van der Waals surface area contributed by atoms with Gasteiger partial charge in [-0.15, -0.1) is 4.98 Å². The number of nitrogens with zero attached hydrogens (tertiary/aromatic N) is 3. The summed E-state index contributed by atoms with van der Waals surface area (Å²) >= 11 is 0. The van der Waals surface area contributed by atoms with Gasteiger partial charge in [-0.1, -0.05) is 20.4 Å². The van der Waals surface area contributed by atoms with Gasteiger partial charge in [-0.2, -0.15) is 0 Å². The second-order valence-corrected chi connectivity index (χ2v) is 6.37. The Morgan fingerprint density at radius 2 is 2.08 bits per heavy atom. The third-order valence-electron chi connectivity index (χ3n) is 4.38. The van der Waals surface area contributed by atoms with Crippen LogP contribution in [-0.2, 0) is 11.8 Å². The molecule has 0 radical (unpaired) electrons. The Morgan fingerprint density at radius 1 is 1.38 bits per heavy atom. The Morgan fingerprint density at radius 3 is 2.71 bits per heavy atom. The van der Waals surface area contributed by atoms with Crippen LogP contribution in [0.4, 0.5) is 5.82 Å². The zero-order valence-corrected chi connectivity index (χ0v) is 14.2. The summed E-state index contributed by atoms with van der Waals surface area (Å²) in [5, 5.41) is 0. The molecule has 6 heteroatoms. The molecule has 0 unspecified atom stereocenters. The van der Waals surface area contributed by atoms with Crippen LogP contribution >= 0.6 is 0 Å². The molecule has 0 aliphatic carbocycles. The van der Waals surface area contributed by atoms with E-state index in [0.29, 0.717) is 30.0 Å². The van der Waals surface area contributed by atoms with Crippen LogP contribution in [0.25, 0.3) is 15.9 Å². The van der Waals surface area contributed by atoms with Gasteiger partial charge >= 0.3 is 5.82 Å². The van der Waals surface area contributed by atoms with E-state index in [4.69, 9.17) is 16.0 Å². The van der Waals surface area contributed by atoms with Gasteiger partial charge < -0.3 is 18.9 Å². The fraction of sp³-hybridized carbons (Fsp3) is 0.500. The molecule has 3 rings (SSSR count). The van der Waals surface area contributed by atoms with Gasteiger partial charge in [0.25, 0.3) is 5.56 Å². The number of rotatable bonds is 3. The second-order valence-electron chi connectivity index (χ2n) is 6.37. The zero-order chi connectivity index (χ0) is 17.3. The first kappa shape index (κ1) is 16.5. The molecule has 126 valence electrons. The quantitative estimate of drug-likeness (QED) is 0.813. The van der Waals surface area contributed by atoms with Crippen molar-refractivity contribution in [1.29, 1.82) is 0 Å². The molecule has 1 aliphatic rings. The summed E-state index contributed by atoms with van der Waals surface area (Å²) < 4.78 is 12.9. The lowest BCUT2D eigenvalue weighted by molar-refractivity contribution is 0.0258. The maximum Gasteiger partial charge on any atom is 0.312 e. The second kappa shape index (κ2) is 6.62. The minimum atomic E-state index is -0.0828. The molecule has 0 saturated carbocycles. The molecule has 0 spiro atoms. The van der Waals surface area contributed by atoms with Crippen molar-refractivity contribution in [3.05, 3.63) is 39.5 Å². The van der Waals surface area contributed by atoms with Crippen molar-refractivity contribution in [2.45, 2.75) is 38.7 Å². The van der Waals surface area contributed by atoms with Crippen LogP contribution in [0.15, 0.2) is 16.9 Å². The van der Waals surface area contributed by atoms with Crippen LogP contribution in [0, 0.1) is 6.57 Å². The smallest absolute Gasteiger partial charge is 0.312 e. The third-order valence-corrected chi connectivity index (χ3v) is 4.38. The van der Waals surface area contributed by atoms with Gasteiger partial charge in [0, 0.05) is 31.5 Å². The lowest BCUT2D eigenvalue weighted by atomic mass is 10.0. The van der Waals surface area contributed by atoms with Crippen molar-refractivity contribution >= 4 is 16.9 Å². The predicted octanol–water partition coefficient (Wildman–Crippen LogP) is 3.17. The Hall–Kier alpha value is -2.39. The summed E-state index contributed by atoms with van der Waals surface area (Å²) in [4.78, 5) is 20.3. The predicted molar refractivity (Wildman–Crippen MR) is 91.8 cm³/mol. The Kier molecular flexibility index (Phi) is 4.54. The summed E-state index contributed by atoms with van der Waals surface area (Å²) in [6.07, 6.45) is 1.60. The first-order chi connectivity index (χ1) is 11.5. The SMILES string of the molecule is [C-]#[N+]c1nc2c(C(C)C)cc(=O)n(C)c2cc1OC1CCOCC1. The number of hydrogen-bond acceptors (Lipinski definition) is 4. The van der Waals surface area contributed by atoms with E-state index >= 15 is 0 Å². The fourth-order valence-electron chi connectivity index (χ4n) is 2.94. The summed E-state index contributed by atoms with van der Waals surface area (Å²) in [5.74, 6) is 0.838. The van der Waals surface area contributed by atoms with Crippen molar-refractivity contribution in [3.8, 4) is 5.75 Å². The van der Waals surface area contributed by atoms with Gasteiger partial charge in [-0.05, 0) is 12.0 Å². The van der Waals surface area contributed by atoms with E-state index in [1.165, 1.54) is 0 Å². The standard InChI is InChI=1S/C18H21N3O3/c1-11(2)13-9-16(22)21(4)14-10-15(18(19-3)20-17(13)14)24-12-5-7-23-8-6-12/h9-12H,5-8H2,1-2,4H3. The topological polar surface area (TPSA) is 57.7 Å². The van der Waals surface area contributed by atoms with Gasteiger partial charge in [0.2, 0.25) is 0 Å². The molecule has 2 aromatic heterocycles. The fourth-order valence-corrected chi connectivity index (χ4v) is 2.94. The molecule has 24 heavy (non-hydrogen) atoms. The highest BCUT2D eigenvalue weighted by Crippen LogP contribution is 2.33. The van der Waals surface area contributed by atoms with Crippen molar-refractivity contribution in [3.63, 3.8) is 0 Å². The zero-order valence-electron chi connectivity index (χ0n) is 14.2. The minimum Gasteiger partial charge on any atom is -0.499 e. The molecule has 3 heterocycles. The molecule has 0 amide bonds. The van der Waals surface area contributed by atoms with Crippen LogP contribution in [0.5, 0.6) is 5.75 Å². The Labute approximate surface area is 140 Å². The maximum absolute atomic E-state index is 12.2. The number of ether oxygens (including phenoxy) is 2. The van der Waals surface area contributed by atoms with Gasteiger partial charge in [0.1, 0.15) is 11.9 Å². The Balaban J connectivity index is 2.15. The van der Waals surface area contributed by atoms with Crippen LogP contribution < -0.4 is 10.3 Å². The monoisotopic (exact) mass is 327 g/mol. The van der Waals surface area contributed by atoms with Gasteiger partial charge in [-0.3, -0.25) is 4.79 Å². The highest BCUT2D eigenvalue weighted by atomic mass is 16.5. The number of fused-ring (bicyclic) bond motifs is 1. The molecule has 1 aliphatic heterocycles. The van der Waals surface area contributed by atoms with Crippen LogP contribution in [0.3, 0.4) is 0 Å². The Bertz CT molecular complexity index is 858. The van der Waals surface area contributed by atoms with Crippen molar-refractivity contribution < 1.29 is 9.47 Å². The first-order valence-corrected chi connectivity index (χ1v) is 8.17. The molecule has 0 bridgehead atoms. The number of aromatic nitrogens is 2. The molecule has 2 aromatic rings. The molecule has 0 N–H and O–H groups in total.